The minimum Gasteiger partial charge on any atom is -0.493 e. The highest BCUT2D eigenvalue weighted by molar-refractivity contribution is 7.98. The van der Waals surface area contributed by atoms with Gasteiger partial charge in [0.2, 0.25) is 0 Å². The average molecular weight is 568 g/mol. The number of rotatable bonds is 11. The SMILES string of the molecule is COC(=O)c1ccc(CSc2nnc(Cc3ccc(OC)c(OC)c3)n2-c2ccc(Oc3ccccc3)cc2)cc1. The summed E-state index contributed by atoms with van der Waals surface area (Å²) in [4.78, 5) is 11.8. The van der Waals surface area contributed by atoms with Gasteiger partial charge in [0.15, 0.2) is 16.7 Å². The second-order valence-corrected chi connectivity index (χ2v) is 9.93. The molecule has 0 aliphatic rings. The number of methoxy groups -OCH3 is 3. The van der Waals surface area contributed by atoms with Crippen LogP contribution in [0.3, 0.4) is 0 Å². The maximum atomic E-state index is 11.8. The Kier molecular flexibility index (Phi) is 8.85. The third-order valence-corrected chi connectivity index (χ3v) is 7.33. The number of thioether (sulfide) groups is 1. The molecule has 0 atom stereocenters. The van der Waals surface area contributed by atoms with Gasteiger partial charge in [0.1, 0.15) is 17.3 Å². The Balaban J connectivity index is 1.43. The number of para-hydroxylation sites is 1. The molecule has 0 fully saturated rings. The zero-order valence-corrected chi connectivity index (χ0v) is 23.8. The molecule has 0 saturated carbocycles. The monoisotopic (exact) mass is 567 g/mol. The Labute approximate surface area is 242 Å². The van der Waals surface area contributed by atoms with Crippen LogP contribution in [0, 0.1) is 0 Å². The summed E-state index contributed by atoms with van der Waals surface area (Å²) in [5.41, 5.74) is 3.48. The van der Waals surface area contributed by atoms with Crippen molar-refractivity contribution in [2.24, 2.45) is 0 Å². The standard InChI is InChI=1S/C32H29N3O5S/c1-37-28-18-11-23(19-29(28)38-2)20-30-33-34-32(41-21-22-9-12-24(13-10-22)31(36)39-3)35(30)25-14-16-27(17-15-25)40-26-7-5-4-6-8-26/h4-19H,20-21H2,1-3H3. The van der Waals surface area contributed by atoms with Gasteiger partial charge in [-0.25, -0.2) is 4.79 Å². The highest BCUT2D eigenvalue weighted by atomic mass is 32.2. The number of carbonyl (C=O) groups excluding carboxylic acids is 1. The van der Waals surface area contributed by atoms with E-state index in [9.17, 15) is 4.79 Å². The molecule has 0 bridgehead atoms. The number of esters is 1. The van der Waals surface area contributed by atoms with Crippen molar-refractivity contribution in [2.45, 2.75) is 17.3 Å². The molecule has 0 saturated heterocycles. The maximum absolute atomic E-state index is 11.8. The van der Waals surface area contributed by atoms with Gasteiger partial charge in [-0.15, -0.1) is 10.2 Å². The number of benzene rings is 4. The summed E-state index contributed by atoms with van der Waals surface area (Å²) in [6.07, 6.45) is 0.532. The van der Waals surface area contributed by atoms with Crippen LogP contribution in [0.15, 0.2) is 102 Å². The molecule has 5 aromatic rings. The van der Waals surface area contributed by atoms with Gasteiger partial charge in [-0.1, -0.05) is 48.2 Å². The van der Waals surface area contributed by atoms with Crippen molar-refractivity contribution < 1.29 is 23.7 Å². The molecule has 5 rings (SSSR count). The molecule has 0 amide bonds. The quantitative estimate of drug-likeness (QED) is 0.128. The largest absolute Gasteiger partial charge is 0.493 e. The van der Waals surface area contributed by atoms with Crippen LogP contribution in [0.1, 0.15) is 27.3 Å². The van der Waals surface area contributed by atoms with E-state index in [4.69, 9.17) is 18.9 Å². The summed E-state index contributed by atoms with van der Waals surface area (Å²) in [5.74, 6) is 3.89. The number of aromatic nitrogens is 3. The van der Waals surface area contributed by atoms with E-state index in [1.165, 1.54) is 7.11 Å². The van der Waals surface area contributed by atoms with Crippen molar-refractivity contribution >= 4 is 17.7 Å². The number of nitrogens with zero attached hydrogens (tertiary/aromatic N) is 3. The lowest BCUT2D eigenvalue weighted by molar-refractivity contribution is 0.0600. The van der Waals surface area contributed by atoms with Gasteiger partial charge < -0.3 is 18.9 Å². The molecule has 1 aromatic heterocycles. The van der Waals surface area contributed by atoms with Gasteiger partial charge in [0.25, 0.3) is 0 Å². The van der Waals surface area contributed by atoms with Gasteiger partial charge >= 0.3 is 5.97 Å². The van der Waals surface area contributed by atoms with Crippen molar-refractivity contribution in [3.63, 3.8) is 0 Å². The predicted molar refractivity (Wildman–Crippen MR) is 158 cm³/mol. The Hall–Kier alpha value is -4.76. The van der Waals surface area contributed by atoms with Gasteiger partial charge in [-0.3, -0.25) is 4.57 Å². The van der Waals surface area contributed by atoms with Crippen LogP contribution in [-0.2, 0) is 16.9 Å². The van der Waals surface area contributed by atoms with E-state index in [0.717, 1.165) is 39.3 Å². The first kappa shape index (κ1) is 27.8. The van der Waals surface area contributed by atoms with Crippen molar-refractivity contribution in [1.29, 1.82) is 0 Å². The second kappa shape index (κ2) is 13.1. The molecular weight excluding hydrogens is 538 g/mol. The number of ether oxygens (including phenoxy) is 4. The molecule has 0 aliphatic carbocycles. The molecule has 1 heterocycles. The number of hydrogen-bond donors (Lipinski definition) is 0. The fourth-order valence-corrected chi connectivity index (χ4v) is 5.16. The normalized spacial score (nSPS) is 10.7. The van der Waals surface area contributed by atoms with Crippen LogP contribution >= 0.6 is 11.8 Å². The Bertz CT molecular complexity index is 1600. The lowest BCUT2D eigenvalue weighted by Gasteiger charge is -2.13. The fourth-order valence-electron chi connectivity index (χ4n) is 4.23. The number of hydrogen-bond acceptors (Lipinski definition) is 8. The van der Waals surface area contributed by atoms with E-state index in [1.54, 1.807) is 38.1 Å². The Morgan fingerprint density at radius 3 is 2.12 bits per heavy atom. The van der Waals surface area contributed by atoms with E-state index in [0.29, 0.717) is 29.2 Å². The molecule has 0 aliphatic heterocycles. The summed E-state index contributed by atoms with van der Waals surface area (Å²) < 4.78 is 23.7. The summed E-state index contributed by atoms with van der Waals surface area (Å²) in [5, 5.41) is 9.85. The van der Waals surface area contributed by atoms with Gasteiger partial charge in [0.05, 0.1) is 26.9 Å². The van der Waals surface area contributed by atoms with E-state index in [2.05, 4.69) is 14.8 Å². The Morgan fingerprint density at radius 1 is 0.756 bits per heavy atom. The van der Waals surface area contributed by atoms with E-state index >= 15 is 0 Å². The minimum atomic E-state index is -0.358. The first-order valence-corrected chi connectivity index (χ1v) is 13.8. The molecule has 208 valence electrons. The third-order valence-electron chi connectivity index (χ3n) is 6.33. The van der Waals surface area contributed by atoms with Crippen LogP contribution in [0.4, 0.5) is 0 Å². The zero-order valence-electron chi connectivity index (χ0n) is 22.9. The van der Waals surface area contributed by atoms with Crippen molar-refractivity contribution in [2.75, 3.05) is 21.3 Å². The van der Waals surface area contributed by atoms with E-state index < -0.39 is 0 Å². The average Bonchev–Trinajstić information content (AvgIpc) is 3.42. The second-order valence-electron chi connectivity index (χ2n) is 8.99. The molecule has 9 heteroatoms. The van der Waals surface area contributed by atoms with Gasteiger partial charge in [0, 0.05) is 17.9 Å². The van der Waals surface area contributed by atoms with Crippen LogP contribution in [0.25, 0.3) is 5.69 Å². The molecule has 4 aromatic carbocycles. The highest BCUT2D eigenvalue weighted by Gasteiger charge is 2.17. The summed E-state index contributed by atoms with van der Waals surface area (Å²) in [6.45, 7) is 0. The summed E-state index contributed by atoms with van der Waals surface area (Å²) >= 11 is 1.56. The molecule has 0 unspecified atom stereocenters. The maximum Gasteiger partial charge on any atom is 0.337 e. The third kappa shape index (κ3) is 6.70. The number of carbonyl (C=O) groups is 1. The molecule has 8 nitrogen and oxygen atoms in total. The van der Waals surface area contributed by atoms with Gasteiger partial charge in [-0.05, 0) is 71.8 Å². The molecule has 0 spiro atoms. The summed E-state index contributed by atoms with van der Waals surface area (Å²) in [6, 6.07) is 30.7. The fraction of sp³-hybridized carbons (Fsp3) is 0.156. The van der Waals surface area contributed by atoms with Crippen LogP contribution in [-0.4, -0.2) is 42.1 Å². The first-order valence-electron chi connectivity index (χ1n) is 12.9. The van der Waals surface area contributed by atoms with E-state index in [-0.39, 0.29) is 5.97 Å². The highest BCUT2D eigenvalue weighted by Crippen LogP contribution is 2.31. The van der Waals surface area contributed by atoms with Crippen LogP contribution in [0.5, 0.6) is 23.0 Å². The molecular formula is C32H29N3O5S. The topological polar surface area (TPSA) is 84.7 Å². The zero-order chi connectivity index (χ0) is 28.6. The lowest BCUT2D eigenvalue weighted by atomic mass is 10.1. The van der Waals surface area contributed by atoms with Crippen LogP contribution < -0.4 is 14.2 Å². The predicted octanol–water partition coefficient (Wildman–Crippen LogP) is 6.75. The minimum absolute atomic E-state index is 0.358. The summed E-state index contributed by atoms with van der Waals surface area (Å²) in [7, 11) is 4.61. The first-order chi connectivity index (χ1) is 20.1. The lowest BCUT2D eigenvalue weighted by Crippen LogP contribution is -2.04. The van der Waals surface area contributed by atoms with E-state index in [1.807, 2.05) is 84.9 Å². The van der Waals surface area contributed by atoms with Crippen LogP contribution in [0.2, 0.25) is 0 Å². The smallest absolute Gasteiger partial charge is 0.337 e. The van der Waals surface area contributed by atoms with Gasteiger partial charge in [-0.2, -0.15) is 0 Å². The van der Waals surface area contributed by atoms with Crippen molar-refractivity contribution in [1.82, 2.24) is 14.8 Å². The van der Waals surface area contributed by atoms with Crippen molar-refractivity contribution in [3.05, 3.63) is 120 Å². The molecule has 0 radical (unpaired) electrons. The Morgan fingerprint density at radius 2 is 1.44 bits per heavy atom. The van der Waals surface area contributed by atoms with Crippen molar-refractivity contribution in [3.8, 4) is 28.7 Å². The molecule has 41 heavy (non-hydrogen) atoms. The molecule has 0 N–H and O–H groups in total.